The zero-order chi connectivity index (χ0) is 21.6. The topological polar surface area (TPSA) is 233 Å². The number of aliphatic hydroxyl groups excluding tert-OH is 2. The third-order valence-corrected chi connectivity index (χ3v) is 6.66. The van der Waals surface area contributed by atoms with Crippen LogP contribution in [0.3, 0.4) is 0 Å². The van der Waals surface area contributed by atoms with Crippen LogP contribution >= 0.6 is 27.4 Å². The van der Waals surface area contributed by atoms with Crippen LogP contribution in [0, 0.1) is 0 Å². The van der Waals surface area contributed by atoms with Crippen LogP contribution in [0.2, 0.25) is 0 Å². The minimum atomic E-state index is -5.30. The predicted molar refractivity (Wildman–Crippen MR) is 96.3 cm³/mol. The minimum absolute atomic E-state index is 0.0905. The summed E-state index contributed by atoms with van der Waals surface area (Å²) in [6.45, 7) is -0.819. The summed E-state index contributed by atoms with van der Waals surface area (Å²) in [5.74, 6) is 0.0905. The number of aromatic nitrogens is 4. The molecule has 3 rings (SSSR count). The van der Waals surface area contributed by atoms with Gasteiger partial charge in [-0.3, -0.25) is 9.09 Å². The van der Waals surface area contributed by atoms with Crippen LogP contribution in [-0.4, -0.2) is 75.6 Å². The van der Waals surface area contributed by atoms with E-state index in [1.54, 1.807) is 6.26 Å². The van der Waals surface area contributed by atoms with Gasteiger partial charge in [0.15, 0.2) is 28.4 Å². The van der Waals surface area contributed by atoms with Crippen molar-refractivity contribution in [2.75, 3.05) is 18.6 Å². The summed E-state index contributed by atoms with van der Waals surface area (Å²) in [7, 11) is -10.5. The molecule has 0 bridgehead atoms. The van der Waals surface area contributed by atoms with Crippen molar-refractivity contribution in [1.29, 1.82) is 0 Å². The number of fused-ring (bicyclic) bond motifs is 1. The molecule has 15 nitrogen and oxygen atoms in total. The Balaban J connectivity index is 1.84. The van der Waals surface area contributed by atoms with Crippen molar-refractivity contribution in [3.8, 4) is 0 Å². The maximum atomic E-state index is 11.6. The molecule has 0 spiro atoms. The number of thioether (sulfide) groups is 1. The van der Waals surface area contributed by atoms with E-state index in [2.05, 4.69) is 23.8 Å². The van der Waals surface area contributed by atoms with E-state index < -0.39 is 46.8 Å². The molecular formula is C11H17N5O10P2S. The first-order chi connectivity index (χ1) is 13.4. The Labute approximate surface area is 166 Å². The van der Waals surface area contributed by atoms with E-state index in [4.69, 9.17) is 20.3 Å². The van der Waals surface area contributed by atoms with Crippen LogP contribution in [0.5, 0.6) is 0 Å². The monoisotopic (exact) mass is 473 g/mol. The van der Waals surface area contributed by atoms with Crippen molar-refractivity contribution in [2.24, 2.45) is 0 Å². The molecule has 1 fully saturated rings. The van der Waals surface area contributed by atoms with Gasteiger partial charge in [-0.15, -0.1) is 0 Å². The highest BCUT2D eigenvalue weighted by Gasteiger charge is 2.46. The summed E-state index contributed by atoms with van der Waals surface area (Å²) in [6.07, 6.45) is -2.80. The van der Waals surface area contributed by atoms with Gasteiger partial charge in [-0.05, 0) is 6.26 Å². The molecule has 1 saturated heterocycles. The molecule has 2 aromatic rings. The first-order valence-electron chi connectivity index (χ1n) is 7.71. The van der Waals surface area contributed by atoms with Crippen LogP contribution in [0.4, 0.5) is 5.82 Å². The van der Waals surface area contributed by atoms with E-state index in [-0.39, 0.29) is 17.0 Å². The lowest BCUT2D eigenvalue weighted by Gasteiger charge is -2.19. The number of phosphoric ester groups is 1. The zero-order valence-electron chi connectivity index (χ0n) is 14.5. The van der Waals surface area contributed by atoms with E-state index in [1.807, 2.05) is 0 Å². The molecule has 2 aromatic heterocycles. The fraction of sp³-hybridized carbons (Fsp3) is 0.545. The predicted octanol–water partition coefficient (Wildman–Crippen LogP) is -1.02. The summed E-state index contributed by atoms with van der Waals surface area (Å²) in [5, 5.41) is 21.0. The number of ether oxygens (including phenoxy) is 1. The summed E-state index contributed by atoms with van der Waals surface area (Å²) >= 11 is 1.18. The summed E-state index contributed by atoms with van der Waals surface area (Å²) < 4.78 is 37.3. The van der Waals surface area contributed by atoms with Crippen LogP contribution in [0.15, 0.2) is 11.5 Å². The van der Waals surface area contributed by atoms with E-state index in [1.165, 1.54) is 22.7 Å². The zero-order valence-corrected chi connectivity index (χ0v) is 17.1. The smallest absolute Gasteiger partial charge is 0.387 e. The number of nitrogens with zero attached hydrogens (tertiary/aromatic N) is 4. The second-order valence-electron chi connectivity index (χ2n) is 5.78. The van der Waals surface area contributed by atoms with Gasteiger partial charge in [-0.25, -0.2) is 24.1 Å². The molecule has 3 heterocycles. The second-order valence-corrected chi connectivity index (χ2v) is 9.39. The van der Waals surface area contributed by atoms with Gasteiger partial charge in [0.25, 0.3) is 0 Å². The Morgan fingerprint density at radius 3 is 2.59 bits per heavy atom. The molecule has 18 heteroatoms. The lowest BCUT2D eigenvalue weighted by Crippen LogP contribution is -2.33. The first kappa shape index (κ1) is 22.5. The fourth-order valence-corrected chi connectivity index (χ4v) is 4.85. The third-order valence-electron chi connectivity index (χ3n) is 3.86. The number of imidazole rings is 1. The number of rotatable bonds is 7. The molecule has 0 amide bonds. The highest BCUT2D eigenvalue weighted by molar-refractivity contribution is 7.98. The van der Waals surface area contributed by atoms with Gasteiger partial charge >= 0.3 is 15.6 Å². The lowest BCUT2D eigenvalue weighted by molar-refractivity contribution is -0.0540. The number of nitrogens with two attached hydrogens (primary N) is 1. The maximum absolute atomic E-state index is 11.6. The van der Waals surface area contributed by atoms with Crippen molar-refractivity contribution in [2.45, 2.75) is 29.7 Å². The Bertz CT molecular complexity index is 1000. The van der Waals surface area contributed by atoms with Crippen LogP contribution in [-0.2, 0) is 22.7 Å². The molecule has 29 heavy (non-hydrogen) atoms. The number of phosphoric acid groups is 2. The van der Waals surface area contributed by atoms with Gasteiger partial charge in [0.1, 0.15) is 24.6 Å². The Morgan fingerprint density at radius 1 is 1.28 bits per heavy atom. The summed E-state index contributed by atoms with van der Waals surface area (Å²) in [5.41, 5.74) is 6.25. The van der Waals surface area contributed by atoms with Gasteiger partial charge in [0.05, 0.1) is 6.61 Å². The van der Waals surface area contributed by atoms with Crippen molar-refractivity contribution >= 4 is 44.4 Å². The molecule has 5 atom stereocenters. The summed E-state index contributed by atoms with van der Waals surface area (Å²) in [6, 6.07) is 0. The molecule has 0 aromatic carbocycles. The van der Waals surface area contributed by atoms with E-state index >= 15 is 0 Å². The van der Waals surface area contributed by atoms with Crippen molar-refractivity contribution in [3.05, 3.63) is 6.33 Å². The van der Waals surface area contributed by atoms with Crippen molar-refractivity contribution < 1.29 is 47.6 Å². The van der Waals surface area contributed by atoms with Crippen LogP contribution in [0.1, 0.15) is 6.23 Å². The standard InChI is InChI=1S/C11H17N5O10P2S/c1-29-11-15-5-8(12)13-3-14-9(5)16(11)10-7(18)6(17)4(25-10)2-24-28(22,23)26-27(19,20)21/h3-4,6-7,10,17-18H,2H2,1H3,(H,22,23)(H2,12,13,14)(H2,19,20,21). The van der Waals surface area contributed by atoms with Gasteiger partial charge < -0.3 is 35.4 Å². The SMILES string of the molecule is CSc1nc2c(N)ncnc2n1C1OC(COP(=O)(O)OP(=O)(O)O)C(O)C1O. The Morgan fingerprint density at radius 2 is 1.97 bits per heavy atom. The number of aliphatic hydroxyl groups is 2. The minimum Gasteiger partial charge on any atom is -0.387 e. The molecule has 0 saturated carbocycles. The molecule has 1 aliphatic rings. The fourth-order valence-electron chi connectivity index (χ4n) is 2.69. The Hall–Kier alpha value is -1.16. The van der Waals surface area contributed by atoms with E-state index in [0.717, 1.165) is 0 Å². The highest BCUT2D eigenvalue weighted by atomic mass is 32.2. The molecule has 1 aliphatic heterocycles. The molecular weight excluding hydrogens is 456 g/mol. The average Bonchev–Trinajstić information content (AvgIpc) is 3.10. The first-order valence-corrected chi connectivity index (χ1v) is 12.0. The van der Waals surface area contributed by atoms with E-state index in [0.29, 0.717) is 5.16 Å². The molecule has 0 aliphatic carbocycles. The molecule has 0 radical (unpaired) electrons. The maximum Gasteiger partial charge on any atom is 0.481 e. The van der Waals surface area contributed by atoms with E-state index in [9.17, 15) is 24.2 Å². The van der Waals surface area contributed by atoms with Gasteiger partial charge in [0, 0.05) is 0 Å². The average molecular weight is 473 g/mol. The van der Waals surface area contributed by atoms with Crippen molar-refractivity contribution in [3.63, 3.8) is 0 Å². The van der Waals surface area contributed by atoms with Gasteiger partial charge in [0.2, 0.25) is 0 Å². The quantitative estimate of drug-likeness (QED) is 0.208. The normalized spacial score (nSPS) is 27.4. The molecule has 162 valence electrons. The Kier molecular flexibility index (Phi) is 6.34. The number of anilines is 1. The number of hydrogen-bond acceptors (Lipinski definition) is 12. The number of hydrogen-bond donors (Lipinski definition) is 6. The lowest BCUT2D eigenvalue weighted by atomic mass is 10.1. The van der Waals surface area contributed by atoms with Crippen LogP contribution < -0.4 is 5.73 Å². The third kappa shape index (κ3) is 4.78. The van der Waals surface area contributed by atoms with Crippen LogP contribution in [0.25, 0.3) is 11.2 Å². The molecule has 5 unspecified atom stereocenters. The summed E-state index contributed by atoms with van der Waals surface area (Å²) in [4.78, 5) is 38.7. The van der Waals surface area contributed by atoms with Crippen molar-refractivity contribution in [1.82, 2.24) is 19.5 Å². The van der Waals surface area contributed by atoms with Gasteiger partial charge in [-0.1, -0.05) is 11.8 Å². The van der Waals surface area contributed by atoms with Gasteiger partial charge in [-0.2, -0.15) is 4.31 Å². The number of nitrogen functional groups attached to an aromatic ring is 1. The largest absolute Gasteiger partial charge is 0.481 e. The highest BCUT2D eigenvalue weighted by Crippen LogP contribution is 2.57. The molecule has 7 N–H and O–H groups in total. The second kappa shape index (κ2) is 8.17.